The van der Waals surface area contributed by atoms with Crippen LogP contribution in [0, 0.1) is 0 Å². The topological polar surface area (TPSA) is 32.7 Å². The van der Waals surface area contributed by atoms with E-state index in [4.69, 9.17) is 4.74 Å². The van der Waals surface area contributed by atoms with Crippen molar-refractivity contribution in [1.82, 2.24) is 0 Å². The maximum absolute atomic E-state index is 10.5. The Balaban J connectivity index is 1.80. The fourth-order valence-electron chi connectivity index (χ4n) is 3.92. The molecule has 2 aromatic carbocycles. The van der Waals surface area contributed by atoms with Crippen LogP contribution in [-0.2, 0) is 19.4 Å². The van der Waals surface area contributed by atoms with E-state index in [1.807, 2.05) is 6.07 Å². The van der Waals surface area contributed by atoms with Gasteiger partial charge in [-0.3, -0.25) is 0 Å². The number of hydrogen-bond acceptors (Lipinski definition) is 3. The number of nitrogens with zero attached hydrogens (tertiary/aromatic N) is 1. The lowest BCUT2D eigenvalue weighted by Gasteiger charge is -2.38. The van der Waals surface area contributed by atoms with E-state index < -0.39 is 0 Å². The minimum absolute atomic E-state index is 0.309. The van der Waals surface area contributed by atoms with E-state index >= 15 is 0 Å². The van der Waals surface area contributed by atoms with Crippen molar-refractivity contribution in [3.63, 3.8) is 0 Å². The van der Waals surface area contributed by atoms with Crippen molar-refractivity contribution < 1.29 is 9.84 Å². The van der Waals surface area contributed by atoms with Crippen molar-refractivity contribution in [3.8, 4) is 11.5 Å². The van der Waals surface area contributed by atoms with Gasteiger partial charge in [0.05, 0.1) is 7.11 Å². The van der Waals surface area contributed by atoms with Gasteiger partial charge in [0.1, 0.15) is 0 Å². The van der Waals surface area contributed by atoms with Gasteiger partial charge in [0.15, 0.2) is 11.5 Å². The highest BCUT2D eigenvalue weighted by Crippen LogP contribution is 2.41. The monoisotopic (exact) mass is 295 g/mol. The summed E-state index contributed by atoms with van der Waals surface area (Å²) in [5.74, 6) is 0.881. The number of anilines is 1. The summed E-state index contributed by atoms with van der Waals surface area (Å²) >= 11 is 0. The van der Waals surface area contributed by atoms with Crippen LogP contribution < -0.4 is 9.64 Å². The van der Waals surface area contributed by atoms with E-state index in [9.17, 15) is 5.11 Å². The SMILES string of the molecule is COc1ccc2c(c1O)CN1c3ccccc3CCC1CC2. The van der Waals surface area contributed by atoms with Crippen molar-refractivity contribution in [2.45, 2.75) is 38.3 Å². The molecule has 3 heteroatoms. The second-order valence-electron chi connectivity index (χ2n) is 6.24. The summed E-state index contributed by atoms with van der Waals surface area (Å²) in [4.78, 5) is 2.48. The van der Waals surface area contributed by atoms with Crippen molar-refractivity contribution in [3.05, 3.63) is 53.1 Å². The molecule has 0 fully saturated rings. The second-order valence-corrected chi connectivity index (χ2v) is 6.24. The number of phenolic OH excluding ortho intramolecular Hbond substituents is 1. The Labute approximate surface area is 131 Å². The third-order valence-corrected chi connectivity index (χ3v) is 5.13. The number of rotatable bonds is 1. The Kier molecular flexibility index (Phi) is 3.21. The highest BCUT2D eigenvalue weighted by atomic mass is 16.5. The maximum atomic E-state index is 10.5. The number of hydrogen-bond donors (Lipinski definition) is 1. The number of aryl methyl sites for hydroxylation is 2. The van der Waals surface area contributed by atoms with E-state index in [1.165, 1.54) is 23.2 Å². The zero-order valence-corrected chi connectivity index (χ0v) is 12.9. The van der Waals surface area contributed by atoms with E-state index in [2.05, 4.69) is 35.2 Å². The molecule has 114 valence electrons. The molecule has 0 aliphatic carbocycles. The average molecular weight is 295 g/mol. The van der Waals surface area contributed by atoms with Gasteiger partial charge in [0.2, 0.25) is 0 Å². The Morgan fingerprint density at radius 1 is 1.05 bits per heavy atom. The lowest BCUT2D eigenvalue weighted by atomic mass is 9.93. The lowest BCUT2D eigenvalue weighted by Crippen LogP contribution is -2.37. The predicted molar refractivity (Wildman–Crippen MR) is 87.7 cm³/mol. The number of phenols is 1. The zero-order valence-electron chi connectivity index (χ0n) is 12.9. The predicted octanol–water partition coefficient (Wildman–Crippen LogP) is 3.67. The Hall–Kier alpha value is -2.16. The molecule has 0 amide bonds. The molecule has 4 rings (SSSR count). The largest absolute Gasteiger partial charge is 0.504 e. The van der Waals surface area contributed by atoms with Crippen LogP contribution >= 0.6 is 0 Å². The first-order chi connectivity index (χ1) is 10.8. The maximum Gasteiger partial charge on any atom is 0.163 e. The fourth-order valence-corrected chi connectivity index (χ4v) is 3.92. The average Bonchev–Trinajstić information content (AvgIpc) is 2.75. The summed E-state index contributed by atoms with van der Waals surface area (Å²) < 4.78 is 5.29. The summed E-state index contributed by atoms with van der Waals surface area (Å²) in [5.41, 5.74) is 5.03. The third kappa shape index (κ3) is 2.04. The first-order valence-electron chi connectivity index (χ1n) is 8.00. The molecular weight excluding hydrogens is 274 g/mol. The number of methoxy groups -OCH3 is 1. The van der Waals surface area contributed by atoms with Crippen LogP contribution in [0.25, 0.3) is 0 Å². The number of benzene rings is 2. The minimum atomic E-state index is 0.309. The zero-order chi connectivity index (χ0) is 15.1. The molecule has 2 aliphatic rings. The summed E-state index contributed by atoms with van der Waals surface area (Å²) in [6.07, 6.45) is 4.52. The van der Waals surface area contributed by atoms with Gasteiger partial charge in [-0.05, 0) is 48.9 Å². The van der Waals surface area contributed by atoms with E-state index in [0.717, 1.165) is 31.4 Å². The molecule has 3 nitrogen and oxygen atoms in total. The first kappa shape index (κ1) is 13.5. The van der Waals surface area contributed by atoms with Crippen molar-refractivity contribution in [1.29, 1.82) is 0 Å². The molecule has 0 aromatic heterocycles. The van der Waals surface area contributed by atoms with E-state index in [1.54, 1.807) is 7.11 Å². The molecule has 0 spiro atoms. The van der Waals surface area contributed by atoms with Gasteiger partial charge in [0, 0.05) is 23.8 Å². The van der Waals surface area contributed by atoms with Crippen molar-refractivity contribution >= 4 is 5.69 Å². The molecule has 0 saturated heterocycles. The summed E-state index contributed by atoms with van der Waals surface area (Å²) in [7, 11) is 1.61. The molecule has 1 N–H and O–H groups in total. The number of aromatic hydroxyl groups is 1. The quantitative estimate of drug-likeness (QED) is 0.871. The molecule has 2 heterocycles. The molecule has 2 aliphatic heterocycles. The van der Waals surface area contributed by atoms with Gasteiger partial charge in [-0.25, -0.2) is 0 Å². The van der Waals surface area contributed by atoms with Gasteiger partial charge >= 0.3 is 0 Å². The summed E-state index contributed by atoms with van der Waals surface area (Å²) in [6, 6.07) is 13.2. The summed E-state index contributed by atoms with van der Waals surface area (Å²) in [6.45, 7) is 0.764. The normalized spacial score (nSPS) is 19.7. The molecule has 22 heavy (non-hydrogen) atoms. The molecule has 0 bridgehead atoms. The van der Waals surface area contributed by atoms with Gasteiger partial charge < -0.3 is 14.7 Å². The van der Waals surface area contributed by atoms with Crippen LogP contribution in [0.4, 0.5) is 5.69 Å². The van der Waals surface area contributed by atoms with Crippen LogP contribution in [-0.4, -0.2) is 18.3 Å². The lowest BCUT2D eigenvalue weighted by molar-refractivity contribution is 0.370. The Bertz CT molecular complexity index is 711. The van der Waals surface area contributed by atoms with Crippen LogP contribution in [0.5, 0.6) is 11.5 Å². The summed E-state index contributed by atoms with van der Waals surface area (Å²) in [5, 5.41) is 10.5. The van der Waals surface area contributed by atoms with Crippen LogP contribution in [0.1, 0.15) is 29.5 Å². The second kappa shape index (κ2) is 5.24. The highest BCUT2D eigenvalue weighted by Gasteiger charge is 2.30. The fraction of sp³-hybridized carbons (Fsp3) is 0.368. The van der Waals surface area contributed by atoms with Crippen LogP contribution in [0.3, 0.4) is 0 Å². The molecule has 0 radical (unpaired) electrons. The van der Waals surface area contributed by atoms with Gasteiger partial charge in [0.25, 0.3) is 0 Å². The van der Waals surface area contributed by atoms with E-state index in [0.29, 0.717) is 17.5 Å². The molecule has 1 atom stereocenters. The smallest absolute Gasteiger partial charge is 0.163 e. The number of para-hydroxylation sites is 1. The molecule has 0 saturated carbocycles. The number of fused-ring (bicyclic) bond motifs is 4. The molecule has 2 aromatic rings. The molecular formula is C19H21NO2. The van der Waals surface area contributed by atoms with Crippen LogP contribution in [0.2, 0.25) is 0 Å². The highest BCUT2D eigenvalue weighted by molar-refractivity contribution is 5.60. The van der Waals surface area contributed by atoms with Gasteiger partial charge in [-0.2, -0.15) is 0 Å². The van der Waals surface area contributed by atoms with Crippen molar-refractivity contribution in [2.75, 3.05) is 12.0 Å². The van der Waals surface area contributed by atoms with Gasteiger partial charge in [-0.1, -0.05) is 24.3 Å². The third-order valence-electron chi connectivity index (χ3n) is 5.13. The standard InChI is InChI=1S/C19H21NO2/c1-22-18-11-8-13-6-9-15-10-7-14-4-2-3-5-17(14)20(15)12-16(13)19(18)21/h2-5,8,11,15,21H,6-7,9-10,12H2,1H3. The van der Waals surface area contributed by atoms with Gasteiger partial charge in [-0.15, -0.1) is 0 Å². The number of ether oxygens (including phenoxy) is 1. The Morgan fingerprint density at radius 2 is 1.82 bits per heavy atom. The van der Waals surface area contributed by atoms with E-state index in [-0.39, 0.29) is 0 Å². The first-order valence-corrected chi connectivity index (χ1v) is 8.00. The minimum Gasteiger partial charge on any atom is -0.504 e. The van der Waals surface area contributed by atoms with Crippen LogP contribution in [0.15, 0.2) is 36.4 Å². The van der Waals surface area contributed by atoms with Crippen molar-refractivity contribution in [2.24, 2.45) is 0 Å². The Morgan fingerprint density at radius 3 is 2.64 bits per heavy atom. The molecule has 1 unspecified atom stereocenters.